The van der Waals surface area contributed by atoms with Gasteiger partial charge in [-0.2, -0.15) is 8.42 Å². The van der Waals surface area contributed by atoms with Crippen LogP contribution in [0, 0.1) is 6.92 Å². The van der Waals surface area contributed by atoms with Crippen molar-refractivity contribution in [1.29, 1.82) is 0 Å². The zero-order valence-electron chi connectivity index (χ0n) is 28.8. The number of aromatic nitrogens is 2. The highest BCUT2D eigenvalue weighted by Crippen LogP contribution is 2.27. The van der Waals surface area contributed by atoms with Gasteiger partial charge in [-0.05, 0) is 73.7 Å². The zero-order chi connectivity index (χ0) is 36.1. The van der Waals surface area contributed by atoms with Gasteiger partial charge >= 0.3 is 10.1 Å². The second-order valence-corrected chi connectivity index (χ2v) is 16.4. The Morgan fingerprint density at radius 1 is 0.750 bits per heavy atom. The molecule has 0 spiro atoms. The molecule has 12 heteroatoms. The molecule has 0 saturated carbocycles. The van der Waals surface area contributed by atoms with Crippen molar-refractivity contribution in [3.8, 4) is 5.75 Å². The number of likely N-dealkylation sites (tertiary alicyclic amines) is 1. The number of ether oxygens (including phenoxy) is 1. The Bertz CT molecular complexity index is 2370. The van der Waals surface area contributed by atoms with E-state index < -0.39 is 26.2 Å². The highest BCUT2D eigenvalue weighted by molar-refractivity contribution is 7.89. The summed E-state index contributed by atoms with van der Waals surface area (Å²) < 4.78 is 69.3. The van der Waals surface area contributed by atoms with Crippen LogP contribution in [0.3, 0.4) is 0 Å². The van der Waals surface area contributed by atoms with Gasteiger partial charge in [0, 0.05) is 72.0 Å². The topological polar surface area (TPSA) is 128 Å². The fraction of sp³-hybridized carbons (Fsp3) is 0.250. The Morgan fingerprint density at radius 3 is 2.00 bits per heavy atom. The van der Waals surface area contributed by atoms with Crippen LogP contribution < -0.4 is 8.91 Å². The van der Waals surface area contributed by atoms with E-state index in [-0.39, 0.29) is 21.6 Å². The van der Waals surface area contributed by atoms with Crippen LogP contribution in [0.15, 0.2) is 132 Å². The first-order valence-electron chi connectivity index (χ1n) is 17.2. The minimum absolute atomic E-state index is 0.0551. The van der Waals surface area contributed by atoms with E-state index in [4.69, 9.17) is 8.92 Å². The lowest BCUT2D eigenvalue weighted by molar-refractivity contribution is -0.00357. The van der Waals surface area contributed by atoms with E-state index in [2.05, 4.69) is 50.8 Å². The summed E-state index contributed by atoms with van der Waals surface area (Å²) in [7, 11) is -8.06. The van der Waals surface area contributed by atoms with Gasteiger partial charge in [0.15, 0.2) is 0 Å². The molecule has 268 valence electrons. The fourth-order valence-electron chi connectivity index (χ4n) is 6.67. The Labute approximate surface area is 304 Å². The number of benzene rings is 4. The normalized spacial score (nSPS) is 15.2. The molecule has 1 saturated heterocycles. The van der Waals surface area contributed by atoms with Gasteiger partial charge in [-0.1, -0.05) is 66.2 Å². The van der Waals surface area contributed by atoms with Crippen molar-refractivity contribution in [1.82, 2.24) is 19.6 Å². The molecule has 7 rings (SSSR count). The van der Waals surface area contributed by atoms with Crippen LogP contribution in [0.1, 0.15) is 29.5 Å². The summed E-state index contributed by atoms with van der Waals surface area (Å²) in [6, 6.07) is 28.1. The third-order valence-corrected chi connectivity index (χ3v) is 12.3. The molecule has 0 amide bonds. The number of hydrogen-bond acceptors (Lipinski definition) is 9. The maximum Gasteiger partial charge on any atom is 0.339 e. The number of rotatable bonds is 13. The molecule has 52 heavy (non-hydrogen) atoms. The Kier molecular flexibility index (Phi) is 10.6. The van der Waals surface area contributed by atoms with Crippen molar-refractivity contribution in [2.45, 2.75) is 54.7 Å². The van der Waals surface area contributed by atoms with E-state index in [1.165, 1.54) is 11.6 Å². The molecule has 10 nitrogen and oxygen atoms in total. The lowest BCUT2D eigenvalue weighted by atomic mass is 10.0. The van der Waals surface area contributed by atoms with Crippen molar-refractivity contribution in [3.05, 3.63) is 139 Å². The second kappa shape index (κ2) is 15.5. The van der Waals surface area contributed by atoms with Gasteiger partial charge in [0.05, 0.1) is 17.6 Å². The Hall–Kier alpha value is -4.72. The lowest BCUT2D eigenvalue weighted by Gasteiger charge is -2.34. The number of nitrogens with zero attached hydrogens (tertiary/aromatic N) is 3. The van der Waals surface area contributed by atoms with Crippen LogP contribution in [0.2, 0.25) is 0 Å². The van der Waals surface area contributed by atoms with Crippen LogP contribution in [-0.2, 0) is 37.9 Å². The van der Waals surface area contributed by atoms with Crippen molar-refractivity contribution < 1.29 is 25.8 Å². The number of piperidine rings is 1. The van der Waals surface area contributed by atoms with E-state index in [1.54, 1.807) is 85.5 Å². The summed E-state index contributed by atoms with van der Waals surface area (Å²) >= 11 is 0. The number of sulfonamides is 1. The molecule has 1 aliphatic heterocycles. The van der Waals surface area contributed by atoms with E-state index in [0.29, 0.717) is 35.7 Å². The molecular formula is C40H40N4O6S2. The average Bonchev–Trinajstić information content (AvgIpc) is 3.15. The fourth-order valence-corrected chi connectivity index (χ4v) is 9.28. The third kappa shape index (κ3) is 8.49. The first-order valence-corrected chi connectivity index (χ1v) is 20.1. The van der Waals surface area contributed by atoms with Crippen molar-refractivity contribution in [2.75, 3.05) is 19.6 Å². The molecule has 6 aromatic rings. The second-order valence-electron chi connectivity index (χ2n) is 13.2. The van der Waals surface area contributed by atoms with E-state index in [0.717, 1.165) is 42.4 Å². The molecule has 1 fully saturated rings. The maximum atomic E-state index is 14.0. The summed E-state index contributed by atoms with van der Waals surface area (Å²) in [5.74, 6) is 0.156. The van der Waals surface area contributed by atoms with Crippen LogP contribution in [0.25, 0.3) is 21.5 Å². The van der Waals surface area contributed by atoms with Crippen molar-refractivity contribution in [2.24, 2.45) is 0 Å². The SMILES string of the molecule is Cc1ccc(COC2CCN(CC(Cc3ccc(OS(=O)(=O)c4cccc5cnccc45)cc3)NS(=O)(=O)c3cccc4cnccc34)CC2)cc1. The minimum atomic E-state index is -4.13. The third-order valence-electron chi connectivity index (χ3n) is 9.39. The number of fused-ring (bicyclic) bond motifs is 2. The molecule has 2 aromatic heterocycles. The van der Waals surface area contributed by atoms with Crippen LogP contribution in [0.5, 0.6) is 5.75 Å². The van der Waals surface area contributed by atoms with E-state index in [1.807, 2.05) is 6.07 Å². The van der Waals surface area contributed by atoms with Crippen molar-refractivity contribution >= 4 is 41.7 Å². The summed E-state index contributed by atoms with van der Waals surface area (Å²) in [4.78, 5) is 10.7. The van der Waals surface area contributed by atoms with Crippen LogP contribution >= 0.6 is 0 Å². The van der Waals surface area contributed by atoms with Gasteiger partial charge in [0.2, 0.25) is 10.0 Å². The quantitative estimate of drug-likeness (QED) is 0.134. The molecule has 3 heterocycles. The summed E-state index contributed by atoms with van der Waals surface area (Å²) in [5, 5.41) is 2.55. The first-order chi connectivity index (χ1) is 25.1. The summed E-state index contributed by atoms with van der Waals surface area (Å²) in [5.41, 5.74) is 3.19. The van der Waals surface area contributed by atoms with Crippen molar-refractivity contribution in [3.63, 3.8) is 0 Å². The molecule has 1 aliphatic rings. The van der Waals surface area contributed by atoms with Gasteiger partial charge < -0.3 is 13.8 Å². The number of hydrogen-bond donors (Lipinski definition) is 1. The van der Waals surface area contributed by atoms with Crippen LogP contribution in [-0.4, -0.2) is 63.5 Å². The van der Waals surface area contributed by atoms with Gasteiger partial charge in [-0.25, -0.2) is 13.1 Å². The predicted molar refractivity (Wildman–Crippen MR) is 201 cm³/mol. The zero-order valence-corrected chi connectivity index (χ0v) is 30.4. The van der Waals surface area contributed by atoms with E-state index >= 15 is 0 Å². The molecule has 1 atom stereocenters. The van der Waals surface area contributed by atoms with Gasteiger partial charge in [0.25, 0.3) is 0 Å². The summed E-state index contributed by atoms with van der Waals surface area (Å²) in [6.45, 7) is 4.65. The molecule has 0 aliphatic carbocycles. The monoisotopic (exact) mass is 736 g/mol. The predicted octanol–water partition coefficient (Wildman–Crippen LogP) is 6.43. The number of nitrogens with one attached hydrogen (secondary N) is 1. The first kappa shape index (κ1) is 35.7. The minimum Gasteiger partial charge on any atom is -0.379 e. The summed E-state index contributed by atoms with van der Waals surface area (Å²) in [6.07, 6.45) is 8.58. The molecule has 1 unspecified atom stereocenters. The van der Waals surface area contributed by atoms with E-state index in [9.17, 15) is 16.8 Å². The Morgan fingerprint density at radius 2 is 1.35 bits per heavy atom. The highest BCUT2D eigenvalue weighted by Gasteiger charge is 2.27. The highest BCUT2D eigenvalue weighted by atomic mass is 32.2. The Balaban J connectivity index is 1.06. The number of aryl methyl sites for hydroxylation is 1. The lowest BCUT2D eigenvalue weighted by Crippen LogP contribution is -2.48. The average molecular weight is 737 g/mol. The largest absolute Gasteiger partial charge is 0.379 e. The van der Waals surface area contributed by atoms with Crippen LogP contribution in [0.4, 0.5) is 0 Å². The molecule has 4 aromatic carbocycles. The molecule has 0 bridgehead atoms. The maximum absolute atomic E-state index is 14.0. The van der Waals surface area contributed by atoms with Gasteiger partial charge in [0.1, 0.15) is 10.6 Å². The standard InChI is InChI=1S/C40H40N4O6S2/c1-29-8-10-31(11-9-29)28-49-35-18-22-44(23-19-35)27-34(43-51(45,46)39-6-2-4-32-25-41-20-16-37(32)39)24-30-12-14-36(15-13-30)50-52(47,48)40-7-3-5-33-26-42-21-17-38(33)40/h2-17,20-21,25-26,34-35,43H,18-19,22-24,27-28H2,1H3. The van der Waals surface area contributed by atoms with Gasteiger partial charge in [-0.15, -0.1) is 0 Å². The number of pyridine rings is 2. The van der Waals surface area contributed by atoms with Gasteiger partial charge in [-0.3, -0.25) is 9.97 Å². The smallest absolute Gasteiger partial charge is 0.339 e. The molecule has 0 radical (unpaired) electrons. The molecular weight excluding hydrogens is 697 g/mol. The molecule has 1 N–H and O–H groups in total.